The lowest BCUT2D eigenvalue weighted by molar-refractivity contribution is -0.157. The minimum absolute atomic E-state index is 0.0245. The van der Waals surface area contributed by atoms with E-state index in [-0.39, 0.29) is 12.0 Å². The number of amides is 1. The lowest BCUT2D eigenvalue weighted by atomic mass is 10.0. The van der Waals surface area contributed by atoms with Gasteiger partial charge in [-0.05, 0) is 68.0 Å². The van der Waals surface area contributed by atoms with E-state index in [0.717, 1.165) is 40.4 Å². The quantitative estimate of drug-likeness (QED) is 0.183. The molecule has 1 aliphatic carbocycles. The average Bonchev–Trinajstić information content (AvgIpc) is 3.39. The minimum atomic E-state index is -0.576. The van der Waals surface area contributed by atoms with E-state index >= 15 is 0 Å². The molecule has 178 valence electrons. The molecule has 34 heavy (non-hydrogen) atoms. The molecule has 1 aromatic heterocycles. The summed E-state index contributed by atoms with van der Waals surface area (Å²) in [6.07, 6.45) is 7.16. The highest BCUT2D eigenvalue weighted by atomic mass is 16.6. The number of aryl methyl sites for hydroxylation is 1. The molecule has 0 saturated carbocycles. The van der Waals surface area contributed by atoms with Crippen molar-refractivity contribution in [2.24, 2.45) is 0 Å². The summed E-state index contributed by atoms with van der Waals surface area (Å²) < 4.78 is 5.76. The maximum atomic E-state index is 13.2. The van der Waals surface area contributed by atoms with Gasteiger partial charge in [-0.1, -0.05) is 36.4 Å². The van der Waals surface area contributed by atoms with Crippen LogP contribution in [0.25, 0.3) is 17.0 Å². The van der Waals surface area contributed by atoms with Gasteiger partial charge in [0.15, 0.2) is 0 Å². The number of H-pyrrole nitrogens is 1. The van der Waals surface area contributed by atoms with Crippen LogP contribution >= 0.6 is 0 Å². The Balaban J connectivity index is 1.56. The third-order valence-corrected chi connectivity index (χ3v) is 5.97. The van der Waals surface area contributed by atoms with E-state index in [2.05, 4.69) is 16.4 Å². The van der Waals surface area contributed by atoms with Crippen molar-refractivity contribution in [2.75, 3.05) is 0 Å². The Kier molecular flexibility index (Phi) is 6.86. The summed E-state index contributed by atoms with van der Waals surface area (Å²) in [5, 5.41) is 13.3. The molecule has 2 unspecified atom stereocenters. The molecule has 7 heteroatoms. The van der Waals surface area contributed by atoms with E-state index in [1.54, 1.807) is 11.6 Å². The van der Waals surface area contributed by atoms with Gasteiger partial charge in [-0.25, -0.2) is 5.48 Å². The molecule has 1 aliphatic rings. The Morgan fingerprint density at radius 3 is 2.79 bits per heavy atom. The van der Waals surface area contributed by atoms with Crippen LogP contribution in [0.15, 0.2) is 54.7 Å². The van der Waals surface area contributed by atoms with Crippen molar-refractivity contribution < 1.29 is 19.5 Å². The highest BCUT2D eigenvalue weighted by Gasteiger charge is 2.31. The van der Waals surface area contributed by atoms with E-state index in [0.29, 0.717) is 6.42 Å². The van der Waals surface area contributed by atoms with Crippen molar-refractivity contribution in [3.63, 3.8) is 0 Å². The summed E-state index contributed by atoms with van der Waals surface area (Å²) in [5.74, 6) is -0.835. The zero-order valence-electron chi connectivity index (χ0n) is 19.7. The molecule has 0 saturated heterocycles. The molecule has 0 fully saturated rings. The molecule has 0 spiro atoms. The van der Waals surface area contributed by atoms with Crippen LogP contribution in [-0.4, -0.2) is 33.7 Å². The molecule has 0 radical (unpaired) electrons. The van der Waals surface area contributed by atoms with Crippen LogP contribution in [0.3, 0.4) is 0 Å². The molecular weight excluding hydrogens is 430 g/mol. The number of aromatic nitrogens is 1. The molecular formula is C27H31N3O4. The van der Waals surface area contributed by atoms with Crippen LogP contribution in [0.2, 0.25) is 0 Å². The smallest absolute Gasteiger partial charge is 0.324 e. The van der Waals surface area contributed by atoms with Gasteiger partial charge in [0.1, 0.15) is 11.6 Å². The van der Waals surface area contributed by atoms with Crippen LogP contribution in [0.4, 0.5) is 0 Å². The number of hydroxylamine groups is 1. The lowest BCUT2D eigenvalue weighted by Gasteiger charge is -2.27. The van der Waals surface area contributed by atoms with Crippen molar-refractivity contribution in [3.8, 4) is 0 Å². The van der Waals surface area contributed by atoms with E-state index in [4.69, 9.17) is 9.94 Å². The number of nitrogens with one attached hydrogen (secondary N) is 3. The number of para-hydroxylation sites is 1. The molecule has 1 heterocycles. The highest BCUT2D eigenvalue weighted by Crippen LogP contribution is 2.33. The number of hydrogen-bond acceptors (Lipinski definition) is 5. The second-order valence-corrected chi connectivity index (χ2v) is 9.68. The van der Waals surface area contributed by atoms with E-state index < -0.39 is 17.6 Å². The van der Waals surface area contributed by atoms with Crippen molar-refractivity contribution >= 4 is 28.9 Å². The fourth-order valence-electron chi connectivity index (χ4n) is 4.47. The zero-order valence-corrected chi connectivity index (χ0v) is 19.7. The Hall–Kier alpha value is -3.42. The molecule has 4 rings (SSSR count). The van der Waals surface area contributed by atoms with Crippen molar-refractivity contribution in [3.05, 3.63) is 77.0 Å². The summed E-state index contributed by atoms with van der Waals surface area (Å²) in [6.45, 7) is 5.64. The van der Waals surface area contributed by atoms with Crippen molar-refractivity contribution in [1.29, 1.82) is 0 Å². The van der Waals surface area contributed by atoms with Gasteiger partial charge in [0, 0.05) is 35.6 Å². The predicted octanol–water partition coefficient (Wildman–Crippen LogP) is 4.22. The second kappa shape index (κ2) is 9.83. The van der Waals surface area contributed by atoms with Crippen LogP contribution in [0.1, 0.15) is 55.5 Å². The van der Waals surface area contributed by atoms with E-state index in [9.17, 15) is 9.59 Å². The largest absolute Gasteiger partial charge is 0.459 e. The minimum Gasteiger partial charge on any atom is -0.459 e. The van der Waals surface area contributed by atoms with Gasteiger partial charge in [-0.15, -0.1) is 0 Å². The Morgan fingerprint density at radius 1 is 1.24 bits per heavy atom. The van der Waals surface area contributed by atoms with Gasteiger partial charge < -0.3 is 9.72 Å². The first-order valence-corrected chi connectivity index (χ1v) is 11.5. The summed E-state index contributed by atoms with van der Waals surface area (Å²) in [5.41, 5.74) is 6.34. The zero-order chi connectivity index (χ0) is 24.3. The van der Waals surface area contributed by atoms with Gasteiger partial charge >= 0.3 is 5.97 Å². The average molecular weight is 462 g/mol. The summed E-state index contributed by atoms with van der Waals surface area (Å²) in [7, 11) is 0. The first kappa shape index (κ1) is 23.7. The molecule has 2 aromatic carbocycles. The van der Waals surface area contributed by atoms with Crippen LogP contribution in [0, 0.1) is 0 Å². The summed E-state index contributed by atoms with van der Waals surface area (Å²) >= 11 is 0. The number of carbonyl (C=O) groups excluding carboxylic acids is 2. The van der Waals surface area contributed by atoms with Crippen molar-refractivity contribution in [2.45, 2.75) is 57.7 Å². The molecule has 4 N–H and O–H groups in total. The number of hydrogen-bond donors (Lipinski definition) is 4. The fourth-order valence-corrected chi connectivity index (χ4v) is 4.47. The Labute approximate surface area is 199 Å². The fraction of sp³-hybridized carbons (Fsp3) is 0.333. The van der Waals surface area contributed by atoms with Gasteiger partial charge in [-0.2, -0.15) is 0 Å². The normalized spacial score (nSPS) is 16.5. The molecule has 0 bridgehead atoms. The topological polar surface area (TPSA) is 103 Å². The number of carbonyl (C=O) groups is 2. The second-order valence-electron chi connectivity index (χ2n) is 9.68. The van der Waals surface area contributed by atoms with Gasteiger partial charge in [0.2, 0.25) is 0 Å². The maximum Gasteiger partial charge on any atom is 0.324 e. The Bertz CT molecular complexity index is 1220. The standard InChI is InChI=1S/C27H31N3O4/c1-27(2,3)34-26(32)24(15-19-16-28-22-7-5-4-6-20(19)22)29-23-12-10-18-14-17(8-11-21(18)23)9-13-25(31)30-33/h4-9,11,13-14,16,23-24,28-29,33H,10,12,15H2,1-3H3,(H,30,31)/b13-9+. The molecule has 2 atom stereocenters. The summed E-state index contributed by atoms with van der Waals surface area (Å²) in [6, 6.07) is 13.6. The number of aromatic amines is 1. The summed E-state index contributed by atoms with van der Waals surface area (Å²) in [4.78, 5) is 27.7. The van der Waals surface area contributed by atoms with Gasteiger partial charge in [-0.3, -0.25) is 20.1 Å². The highest BCUT2D eigenvalue weighted by molar-refractivity contribution is 5.90. The molecule has 7 nitrogen and oxygen atoms in total. The van der Waals surface area contributed by atoms with Crippen LogP contribution in [0.5, 0.6) is 0 Å². The SMILES string of the molecule is CC(C)(C)OC(=O)C(Cc1c[nH]c2ccccc12)NC1CCc2cc(/C=C/C(=O)NO)ccc21. The number of esters is 1. The maximum absolute atomic E-state index is 13.2. The van der Waals surface area contributed by atoms with E-state index in [1.807, 2.05) is 63.4 Å². The third kappa shape index (κ3) is 5.55. The number of ether oxygens (including phenoxy) is 1. The monoisotopic (exact) mass is 461 g/mol. The van der Waals surface area contributed by atoms with Crippen molar-refractivity contribution in [1.82, 2.24) is 15.8 Å². The number of benzene rings is 2. The Morgan fingerprint density at radius 2 is 2.03 bits per heavy atom. The first-order valence-electron chi connectivity index (χ1n) is 11.5. The molecule has 0 aliphatic heterocycles. The van der Waals surface area contributed by atoms with Gasteiger partial charge in [0.25, 0.3) is 5.91 Å². The van der Waals surface area contributed by atoms with Crippen LogP contribution < -0.4 is 10.8 Å². The van der Waals surface area contributed by atoms with Crippen LogP contribution in [-0.2, 0) is 27.2 Å². The lowest BCUT2D eigenvalue weighted by Crippen LogP contribution is -2.44. The molecule has 1 amide bonds. The predicted molar refractivity (Wildman–Crippen MR) is 131 cm³/mol. The van der Waals surface area contributed by atoms with Gasteiger partial charge in [0.05, 0.1) is 0 Å². The molecule has 3 aromatic rings. The van der Waals surface area contributed by atoms with E-state index in [1.165, 1.54) is 11.6 Å². The number of rotatable bonds is 7. The first-order chi connectivity index (χ1) is 16.2. The third-order valence-electron chi connectivity index (χ3n) is 5.97. The number of fused-ring (bicyclic) bond motifs is 2.